The van der Waals surface area contributed by atoms with E-state index in [0.29, 0.717) is 6.54 Å². The summed E-state index contributed by atoms with van der Waals surface area (Å²) in [7, 11) is 1.34. The largest absolute Gasteiger partial charge is 0.453 e. The monoisotopic (exact) mass is 186 g/mol. The van der Waals surface area contributed by atoms with E-state index in [4.69, 9.17) is 0 Å². The fourth-order valence-corrected chi connectivity index (χ4v) is 1.44. The number of aryl methyl sites for hydroxylation is 1. The van der Waals surface area contributed by atoms with Crippen LogP contribution >= 0.6 is 11.3 Å². The molecule has 0 unspecified atom stereocenters. The summed E-state index contributed by atoms with van der Waals surface area (Å²) < 4.78 is 4.42. The highest BCUT2D eigenvalue weighted by Crippen LogP contribution is 2.10. The minimum atomic E-state index is -0.414. The van der Waals surface area contributed by atoms with E-state index < -0.39 is 6.09 Å². The Hall–Kier alpha value is -1.10. The third-order valence-electron chi connectivity index (χ3n) is 1.42. The zero-order valence-electron chi connectivity index (χ0n) is 6.96. The molecule has 0 fully saturated rings. The fourth-order valence-electron chi connectivity index (χ4n) is 0.721. The van der Waals surface area contributed by atoms with E-state index in [-0.39, 0.29) is 0 Å². The fraction of sp³-hybridized carbons (Fsp3) is 0.429. The normalized spacial score (nSPS) is 9.50. The summed E-state index contributed by atoms with van der Waals surface area (Å²) in [5.74, 6) is 0. The van der Waals surface area contributed by atoms with Crippen LogP contribution in [-0.4, -0.2) is 18.2 Å². The van der Waals surface area contributed by atoms with Crippen molar-refractivity contribution in [3.05, 3.63) is 16.1 Å². The summed E-state index contributed by atoms with van der Waals surface area (Å²) in [5.41, 5.74) is 2.71. The number of hydrogen-bond donors (Lipinski definition) is 1. The van der Waals surface area contributed by atoms with Gasteiger partial charge in [0.15, 0.2) is 0 Å². The number of alkyl carbamates (subject to hydrolysis) is 1. The van der Waals surface area contributed by atoms with Crippen LogP contribution in [0, 0.1) is 6.92 Å². The second kappa shape index (κ2) is 4.06. The lowest BCUT2D eigenvalue weighted by molar-refractivity contribution is 0.170. The number of rotatable bonds is 2. The molecule has 5 heteroatoms. The number of aromatic nitrogens is 1. The van der Waals surface area contributed by atoms with Gasteiger partial charge in [0, 0.05) is 4.88 Å². The molecule has 0 saturated heterocycles. The van der Waals surface area contributed by atoms with Gasteiger partial charge in [0.05, 0.1) is 24.9 Å². The van der Waals surface area contributed by atoms with Gasteiger partial charge in [-0.2, -0.15) is 0 Å². The Morgan fingerprint density at radius 1 is 1.83 bits per heavy atom. The third kappa shape index (κ3) is 2.20. The van der Waals surface area contributed by atoms with Crippen molar-refractivity contribution in [2.75, 3.05) is 7.11 Å². The minimum absolute atomic E-state index is 0.414. The average Bonchev–Trinajstić information content (AvgIpc) is 2.47. The lowest BCUT2D eigenvalue weighted by atomic mass is 10.4. The summed E-state index contributed by atoms with van der Waals surface area (Å²) in [4.78, 5) is 15.8. The van der Waals surface area contributed by atoms with Gasteiger partial charge in [-0.05, 0) is 6.92 Å². The molecular formula is C7H10N2O2S. The first-order valence-electron chi connectivity index (χ1n) is 3.45. The van der Waals surface area contributed by atoms with Gasteiger partial charge in [0.2, 0.25) is 0 Å². The van der Waals surface area contributed by atoms with Crippen molar-refractivity contribution < 1.29 is 9.53 Å². The van der Waals surface area contributed by atoms with Crippen LogP contribution in [-0.2, 0) is 11.3 Å². The SMILES string of the molecule is COC(=O)NCc1scnc1C. The molecule has 1 aromatic rings. The van der Waals surface area contributed by atoms with Crippen molar-refractivity contribution in [2.45, 2.75) is 13.5 Å². The number of carbonyl (C=O) groups excluding carboxylic acids is 1. The first-order chi connectivity index (χ1) is 5.74. The molecule has 1 rings (SSSR count). The maximum atomic E-state index is 10.7. The van der Waals surface area contributed by atoms with Crippen LogP contribution in [0.25, 0.3) is 0 Å². The molecule has 0 aliphatic heterocycles. The van der Waals surface area contributed by atoms with Crippen LogP contribution in [0.3, 0.4) is 0 Å². The molecule has 12 heavy (non-hydrogen) atoms. The maximum Gasteiger partial charge on any atom is 0.407 e. The van der Waals surface area contributed by atoms with E-state index in [1.807, 2.05) is 6.92 Å². The van der Waals surface area contributed by atoms with Crippen LogP contribution in [0.15, 0.2) is 5.51 Å². The number of amides is 1. The zero-order valence-corrected chi connectivity index (χ0v) is 7.77. The van der Waals surface area contributed by atoms with Gasteiger partial charge in [0.25, 0.3) is 0 Å². The topological polar surface area (TPSA) is 51.2 Å². The molecule has 0 spiro atoms. The molecule has 0 aromatic carbocycles. The Morgan fingerprint density at radius 3 is 3.08 bits per heavy atom. The smallest absolute Gasteiger partial charge is 0.407 e. The van der Waals surface area contributed by atoms with Crippen LogP contribution in [0.2, 0.25) is 0 Å². The first kappa shape index (κ1) is 8.99. The van der Waals surface area contributed by atoms with Crippen LogP contribution in [0.1, 0.15) is 10.6 Å². The Bertz CT molecular complexity index is 272. The molecule has 1 aromatic heterocycles. The molecule has 66 valence electrons. The highest BCUT2D eigenvalue weighted by Gasteiger charge is 2.03. The highest BCUT2D eigenvalue weighted by atomic mass is 32.1. The van der Waals surface area contributed by atoms with Gasteiger partial charge in [-0.3, -0.25) is 0 Å². The average molecular weight is 186 g/mol. The van der Waals surface area contributed by atoms with Gasteiger partial charge in [0.1, 0.15) is 0 Å². The predicted molar refractivity (Wildman–Crippen MR) is 46.1 cm³/mol. The van der Waals surface area contributed by atoms with Crippen molar-refractivity contribution in [2.24, 2.45) is 0 Å². The number of carbonyl (C=O) groups is 1. The van der Waals surface area contributed by atoms with Gasteiger partial charge in [-0.15, -0.1) is 11.3 Å². The third-order valence-corrected chi connectivity index (χ3v) is 2.36. The summed E-state index contributed by atoms with van der Waals surface area (Å²) in [6.07, 6.45) is -0.414. The summed E-state index contributed by atoms with van der Waals surface area (Å²) >= 11 is 1.52. The van der Waals surface area contributed by atoms with E-state index in [2.05, 4.69) is 15.0 Å². The second-order valence-electron chi connectivity index (χ2n) is 2.21. The second-order valence-corrected chi connectivity index (χ2v) is 3.15. The van der Waals surface area contributed by atoms with Crippen molar-refractivity contribution in [1.82, 2.24) is 10.3 Å². The van der Waals surface area contributed by atoms with Gasteiger partial charge >= 0.3 is 6.09 Å². The van der Waals surface area contributed by atoms with Crippen LogP contribution in [0.5, 0.6) is 0 Å². The van der Waals surface area contributed by atoms with Gasteiger partial charge in [-0.1, -0.05) is 0 Å². The van der Waals surface area contributed by atoms with Crippen molar-refractivity contribution in [3.8, 4) is 0 Å². The van der Waals surface area contributed by atoms with Crippen LogP contribution in [0.4, 0.5) is 4.79 Å². The maximum absolute atomic E-state index is 10.7. The van der Waals surface area contributed by atoms with Crippen molar-refractivity contribution in [3.63, 3.8) is 0 Å². The van der Waals surface area contributed by atoms with E-state index in [0.717, 1.165) is 10.6 Å². The summed E-state index contributed by atoms with van der Waals surface area (Å²) in [5, 5.41) is 2.58. The summed E-state index contributed by atoms with van der Waals surface area (Å²) in [6.45, 7) is 2.40. The number of hydrogen-bond acceptors (Lipinski definition) is 4. The summed E-state index contributed by atoms with van der Waals surface area (Å²) in [6, 6.07) is 0. The molecule has 1 N–H and O–H groups in total. The van der Waals surface area contributed by atoms with Crippen molar-refractivity contribution >= 4 is 17.4 Å². The molecule has 0 aliphatic rings. The molecule has 0 atom stereocenters. The predicted octanol–water partition coefficient (Wildman–Crippen LogP) is 1.31. The number of nitrogens with zero attached hydrogens (tertiary/aromatic N) is 1. The molecule has 1 amide bonds. The standard InChI is InChI=1S/C7H10N2O2S/c1-5-6(12-4-9-5)3-8-7(10)11-2/h4H,3H2,1-2H3,(H,8,10). The molecule has 0 radical (unpaired) electrons. The number of methoxy groups -OCH3 is 1. The van der Waals surface area contributed by atoms with E-state index in [9.17, 15) is 4.79 Å². The molecule has 0 aliphatic carbocycles. The number of nitrogens with one attached hydrogen (secondary N) is 1. The van der Waals surface area contributed by atoms with Gasteiger partial charge < -0.3 is 10.1 Å². The minimum Gasteiger partial charge on any atom is -0.453 e. The van der Waals surface area contributed by atoms with E-state index in [1.165, 1.54) is 18.4 Å². The number of thiazole rings is 1. The molecule has 0 saturated carbocycles. The Kier molecular flexibility index (Phi) is 3.04. The first-order valence-corrected chi connectivity index (χ1v) is 4.32. The Labute approximate surface area is 74.6 Å². The zero-order chi connectivity index (χ0) is 8.97. The van der Waals surface area contributed by atoms with E-state index in [1.54, 1.807) is 5.51 Å². The lowest BCUT2D eigenvalue weighted by Crippen LogP contribution is -2.22. The van der Waals surface area contributed by atoms with Gasteiger partial charge in [-0.25, -0.2) is 9.78 Å². The van der Waals surface area contributed by atoms with E-state index >= 15 is 0 Å². The lowest BCUT2D eigenvalue weighted by Gasteiger charge is -2.00. The molecule has 4 nitrogen and oxygen atoms in total. The van der Waals surface area contributed by atoms with Crippen LogP contribution < -0.4 is 5.32 Å². The molecular weight excluding hydrogens is 176 g/mol. The van der Waals surface area contributed by atoms with Crippen molar-refractivity contribution in [1.29, 1.82) is 0 Å². The molecule has 0 bridgehead atoms. The number of ether oxygens (including phenoxy) is 1. The molecule has 1 heterocycles. The highest BCUT2D eigenvalue weighted by molar-refractivity contribution is 7.09. The Balaban J connectivity index is 2.43. The Morgan fingerprint density at radius 2 is 2.58 bits per heavy atom. The quantitative estimate of drug-likeness (QED) is 0.757.